The van der Waals surface area contributed by atoms with Crippen LogP contribution in [0.2, 0.25) is 0 Å². The van der Waals surface area contributed by atoms with Gasteiger partial charge in [0.2, 0.25) is 0 Å². The maximum atomic E-state index is 4.94. The zero-order chi connectivity index (χ0) is 7.40. The predicted octanol–water partition coefficient (Wildman–Crippen LogP) is -2.10. The molecule has 0 aliphatic heterocycles. The fourth-order valence-corrected chi connectivity index (χ4v) is 0.639. The summed E-state index contributed by atoms with van der Waals surface area (Å²) in [4.78, 5) is 3.73. The van der Waals surface area contributed by atoms with Crippen molar-refractivity contribution in [3.8, 4) is 11.5 Å². The molecule has 1 aromatic heterocycles. The van der Waals surface area contributed by atoms with Gasteiger partial charge in [-0.2, -0.15) is 0 Å². The van der Waals surface area contributed by atoms with Crippen molar-refractivity contribution in [1.29, 1.82) is 0 Å². The third-order valence-corrected chi connectivity index (χ3v) is 1.11. The number of hydrogen-bond donors (Lipinski definition) is 0. The van der Waals surface area contributed by atoms with E-state index in [4.69, 9.17) is 9.47 Å². The average Bonchev–Trinajstić information content (AvgIpc) is 2.04. The Kier molecular flexibility index (Phi) is 4.76. The van der Waals surface area contributed by atoms with Crippen molar-refractivity contribution >= 4 is 0 Å². The number of pyridine rings is 1. The van der Waals surface area contributed by atoms with Gasteiger partial charge in [-0.25, -0.2) is 0 Å². The summed E-state index contributed by atoms with van der Waals surface area (Å²) in [6, 6.07) is 1.72. The number of aromatic nitrogens is 1. The molecule has 3 nitrogen and oxygen atoms in total. The normalized spacial score (nSPS) is 8.18. The van der Waals surface area contributed by atoms with Gasteiger partial charge in [-0.3, -0.25) is 0 Å². The summed E-state index contributed by atoms with van der Waals surface area (Å²) in [5.41, 5.74) is 0. The standard InChI is InChI=1S/C7H8NO2.Li/c1-9-6-3-4-8-5-7(6)10-2;/h3-4H,1-2H3;/q-1;+1. The first-order valence-electron chi connectivity index (χ1n) is 2.83. The van der Waals surface area contributed by atoms with Gasteiger partial charge < -0.3 is 14.5 Å². The quantitative estimate of drug-likeness (QED) is 0.353. The molecule has 0 radical (unpaired) electrons. The van der Waals surface area contributed by atoms with Crippen molar-refractivity contribution in [2.75, 3.05) is 14.2 Å². The molecule has 0 aromatic carbocycles. The topological polar surface area (TPSA) is 31.4 Å². The number of nitrogens with zero attached hydrogens (tertiary/aromatic N) is 1. The summed E-state index contributed by atoms with van der Waals surface area (Å²) in [5, 5.41) is 0. The fourth-order valence-electron chi connectivity index (χ4n) is 0.639. The molecule has 0 aliphatic carbocycles. The van der Waals surface area contributed by atoms with E-state index in [1.807, 2.05) is 0 Å². The molecule has 0 spiro atoms. The summed E-state index contributed by atoms with van der Waals surface area (Å²) in [6.07, 6.45) is 4.24. The van der Waals surface area contributed by atoms with Gasteiger partial charge in [-0.05, 0) is 6.20 Å². The van der Waals surface area contributed by atoms with E-state index in [1.165, 1.54) is 0 Å². The first-order chi connectivity index (χ1) is 4.88. The van der Waals surface area contributed by atoms with Crippen LogP contribution < -0.4 is 28.3 Å². The Morgan fingerprint density at radius 1 is 1.36 bits per heavy atom. The van der Waals surface area contributed by atoms with Crippen molar-refractivity contribution < 1.29 is 28.3 Å². The average molecular weight is 145 g/mol. The van der Waals surface area contributed by atoms with Crippen LogP contribution in [0.25, 0.3) is 0 Å². The summed E-state index contributed by atoms with van der Waals surface area (Å²) in [7, 11) is 3.13. The maximum Gasteiger partial charge on any atom is 1.00 e. The molecule has 0 fully saturated rings. The molecular weight excluding hydrogens is 137 g/mol. The van der Waals surface area contributed by atoms with Gasteiger partial charge in [0.25, 0.3) is 0 Å². The largest absolute Gasteiger partial charge is 1.00 e. The summed E-state index contributed by atoms with van der Waals surface area (Å²) >= 11 is 0. The SMILES string of the molecule is COc1[c-]nccc1OC.[Li+]. The molecule has 0 saturated heterocycles. The van der Waals surface area contributed by atoms with Crippen molar-refractivity contribution in [2.24, 2.45) is 0 Å². The van der Waals surface area contributed by atoms with Gasteiger partial charge in [0.1, 0.15) is 0 Å². The van der Waals surface area contributed by atoms with Crippen LogP contribution in [0, 0.1) is 6.20 Å². The van der Waals surface area contributed by atoms with Gasteiger partial charge in [0, 0.05) is 0 Å². The van der Waals surface area contributed by atoms with Gasteiger partial charge in [0.05, 0.1) is 25.7 Å². The molecule has 4 heteroatoms. The zero-order valence-electron chi connectivity index (χ0n) is 6.92. The Bertz CT molecular complexity index is 194. The Labute approximate surface area is 77.9 Å². The number of methoxy groups -OCH3 is 2. The molecule has 54 valence electrons. The van der Waals surface area contributed by atoms with Gasteiger partial charge in [-0.1, -0.05) is 6.20 Å². The molecule has 1 aromatic rings. The van der Waals surface area contributed by atoms with Crippen LogP contribution in [-0.2, 0) is 0 Å². The number of rotatable bonds is 2. The molecule has 0 unspecified atom stereocenters. The van der Waals surface area contributed by atoms with Crippen molar-refractivity contribution in [3.63, 3.8) is 0 Å². The van der Waals surface area contributed by atoms with E-state index in [2.05, 4.69) is 11.2 Å². The van der Waals surface area contributed by atoms with E-state index in [9.17, 15) is 0 Å². The number of ether oxygens (including phenoxy) is 2. The minimum atomic E-state index is 0. The molecule has 0 N–H and O–H groups in total. The minimum Gasteiger partial charge on any atom is -0.550 e. The number of hydrogen-bond acceptors (Lipinski definition) is 3. The molecule has 1 heterocycles. The molecule has 0 amide bonds. The van der Waals surface area contributed by atoms with E-state index in [-0.39, 0.29) is 18.9 Å². The molecule has 0 aliphatic rings. The Hall–Kier alpha value is -0.653. The summed E-state index contributed by atoms with van der Waals surface area (Å²) < 4.78 is 9.83. The first-order valence-corrected chi connectivity index (χ1v) is 2.83. The summed E-state index contributed by atoms with van der Waals surface area (Å²) in [6.45, 7) is 0. The first kappa shape index (κ1) is 10.3. The molecule has 11 heavy (non-hydrogen) atoms. The molecule has 0 bridgehead atoms. The van der Waals surface area contributed by atoms with Crippen molar-refractivity contribution in [2.45, 2.75) is 0 Å². The second kappa shape index (κ2) is 5.06. The second-order valence-electron chi connectivity index (χ2n) is 1.66. The molecule has 0 atom stereocenters. The zero-order valence-corrected chi connectivity index (χ0v) is 6.92. The Morgan fingerprint density at radius 3 is 2.55 bits per heavy atom. The van der Waals surface area contributed by atoms with Crippen LogP contribution in [0.5, 0.6) is 11.5 Å². The van der Waals surface area contributed by atoms with E-state index in [1.54, 1.807) is 26.5 Å². The smallest absolute Gasteiger partial charge is 0.550 e. The van der Waals surface area contributed by atoms with Crippen LogP contribution in [0.1, 0.15) is 0 Å². The van der Waals surface area contributed by atoms with Crippen LogP contribution >= 0.6 is 0 Å². The maximum absolute atomic E-state index is 4.94. The molecule has 1 rings (SSSR count). The predicted molar refractivity (Wildman–Crippen MR) is 36.2 cm³/mol. The van der Waals surface area contributed by atoms with Crippen molar-refractivity contribution in [1.82, 2.24) is 4.98 Å². The molecular formula is C7H8LiNO2. The van der Waals surface area contributed by atoms with Crippen LogP contribution in [-0.4, -0.2) is 19.2 Å². The second-order valence-corrected chi connectivity index (χ2v) is 1.66. The van der Waals surface area contributed by atoms with E-state index in [0.717, 1.165) is 0 Å². The monoisotopic (exact) mass is 145 g/mol. The van der Waals surface area contributed by atoms with Gasteiger partial charge in [-0.15, -0.1) is 6.07 Å². The third-order valence-electron chi connectivity index (χ3n) is 1.11. The minimum absolute atomic E-state index is 0. The Morgan fingerprint density at radius 2 is 2.09 bits per heavy atom. The molecule has 0 saturated carbocycles. The van der Waals surface area contributed by atoms with E-state index >= 15 is 0 Å². The Balaban J connectivity index is 0.000001000. The van der Waals surface area contributed by atoms with E-state index in [0.29, 0.717) is 11.5 Å². The van der Waals surface area contributed by atoms with E-state index < -0.39 is 0 Å². The van der Waals surface area contributed by atoms with Crippen molar-refractivity contribution in [3.05, 3.63) is 18.5 Å². The third kappa shape index (κ3) is 2.45. The fraction of sp³-hybridized carbons (Fsp3) is 0.286. The van der Waals surface area contributed by atoms with Gasteiger partial charge in [0.15, 0.2) is 0 Å². The summed E-state index contributed by atoms with van der Waals surface area (Å²) in [5.74, 6) is 1.18. The van der Waals surface area contributed by atoms with Crippen LogP contribution in [0.15, 0.2) is 12.3 Å². The van der Waals surface area contributed by atoms with Crippen LogP contribution in [0.4, 0.5) is 0 Å². The van der Waals surface area contributed by atoms with Gasteiger partial charge >= 0.3 is 18.9 Å². The van der Waals surface area contributed by atoms with Crippen LogP contribution in [0.3, 0.4) is 0 Å².